The Bertz CT molecular complexity index is 445. The van der Waals surface area contributed by atoms with Crippen molar-refractivity contribution in [3.05, 3.63) is 32.7 Å². The minimum atomic E-state index is 0.0584. The van der Waals surface area contributed by atoms with E-state index in [4.69, 9.17) is 0 Å². The first kappa shape index (κ1) is 14.0. The molecular formula is C13H16Br2N2O. The van der Waals surface area contributed by atoms with E-state index in [0.717, 1.165) is 28.5 Å². The third-order valence-electron chi connectivity index (χ3n) is 3.16. The molecule has 18 heavy (non-hydrogen) atoms. The highest BCUT2D eigenvalue weighted by Gasteiger charge is 2.20. The lowest BCUT2D eigenvalue weighted by atomic mass is 10.1. The molecule has 1 aliphatic heterocycles. The van der Waals surface area contributed by atoms with E-state index in [1.54, 1.807) is 4.90 Å². The zero-order chi connectivity index (χ0) is 13.1. The van der Waals surface area contributed by atoms with E-state index in [9.17, 15) is 4.79 Å². The Morgan fingerprint density at radius 2 is 2.28 bits per heavy atom. The number of carbonyl (C=O) groups is 1. The highest BCUT2D eigenvalue weighted by molar-refractivity contribution is 9.11. The van der Waals surface area contributed by atoms with Crippen LogP contribution in [0, 0.1) is 0 Å². The number of carbonyl (C=O) groups excluding carboxylic acids is 1. The molecule has 0 spiro atoms. The molecule has 1 unspecified atom stereocenters. The average Bonchev–Trinajstić information content (AvgIpc) is 2.81. The molecule has 98 valence electrons. The van der Waals surface area contributed by atoms with Gasteiger partial charge in [-0.1, -0.05) is 15.9 Å². The monoisotopic (exact) mass is 374 g/mol. The van der Waals surface area contributed by atoms with E-state index < -0.39 is 0 Å². The molecule has 1 atom stereocenters. The number of likely N-dealkylation sites (N-methyl/N-ethyl adjacent to an activating group) is 1. The lowest BCUT2D eigenvalue weighted by Gasteiger charge is -2.22. The molecule has 0 aromatic heterocycles. The fourth-order valence-corrected chi connectivity index (χ4v) is 3.41. The first-order valence-electron chi connectivity index (χ1n) is 6.02. The van der Waals surface area contributed by atoms with Crippen LogP contribution in [0.25, 0.3) is 0 Å². The van der Waals surface area contributed by atoms with Gasteiger partial charge in [0.25, 0.3) is 5.91 Å². The number of hydrogen-bond acceptors (Lipinski definition) is 2. The number of amides is 1. The normalized spacial score (nSPS) is 18.9. The van der Waals surface area contributed by atoms with E-state index in [0.29, 0.717) is 11.6 Å². The van der Waals surface area contributed by atoms with Gasteiger partial charge in [-0.3, -0.25) is 4.79 Å². The summed E-state index contributed by atoms with van der Waals surface area (Å²) in [6.45, 7) is 1.83. The Morgan fingerprint density at radius 3 is 2.89 bits per heavy atom. The van der Waals surface area contributed by atoms with Crippen molar-refractivity contribution in [1.29, 1.82) is 0 Å². The fraction of sp³-hybridized carbons (Fsp3) is 0.462. The summed E-state index contributed by atoms with van der Waals surface area (Å²) in [4.78, 5) is 14.1. The lowest BCUT2D eigenvalue weighted by molar-refractivity contribution is 0.0783. The largest absolute Gasteiger partial charge is 0.340 e. The van der Waals surface area contributed by atoms with Crippen molar-refractivity contribution < 1.29 is 4.79 Å². The number of nitrogens with one attached hydrogen (secondary N) is 1. The van der Waals surface area contributed by atoms with E-state index in [2.05, 4.69) is 37.2 Å². The topological polar surface area (TPSA) is 32.3 Å². The number of rotatable bonds is 3. The fourth-order valence-electron chi connectivity index (χ4n) is 2.19. The van der Waals surface area contributed by atoms with Gasteiger partial charge in [0.1, 0.15) is 0 Å². The molecule has 1 aromatic carbocycles. The van der Waals surface area contributed by atoms with Crippen LogP contribution in [-0.2, 0) is 0 Å². The van der Waals surface area contributed by atoms with Gasteiger partial charge < -0.3 is 10.2 Å². The van der Waals surface area contributed by atoms with Crippen LogP contribution in [0.1, 0.15) is 23.2 Å². The van der Waals surface area contributed by atoms with Crippen LogP contribution in [0.15, 0.2) is 27.1 Å². The number of benzene rings is 1. The number of nitrogens with zero attached hydrogens (tertiary/aromatic N) is 1. The summed E-state index contributed by atoms with van der Waals surface area (Å²) < 4.78 is 1.79. The van der Waals surface area contributed by atoms with Gasteiger partial charge >= 0.3 is 0 Å². The molecule has 0 radical (unpaired) electrons. The van der Waals surface area contributed by atoms with Gasteiger partial charge in [0, 0.05) is 28.6 Å². The van der Waals surface area contributed by atoms with Crippen LogP contribution in [0.3, 0.4) is 0 Å². The summed E-state index contributed by atoms with van der Waals surface area (Å²) in [5.41, 5.74) is 0.707. The molecule has 0 saturated carbocycles. The molecule has 1 N–H and O–H groups in total. The zero-order valence-electron chi connectivity index (χ0n) is 10.2. The molecular weight excluding hydrogens is 360 g/mol. The zero-order valence-corrected chi connectivity index (χ0v) is 13.4. The summed E-state index contributed by atoms with van der Waals surface area (Å²) >= 11 is 6.82. The van der Waals surface area contributed by atoms with Crippen LogP contribution in [0.5, 0.6) is 0 Å². The smallest absolute Gasteiger partial charge is 0.254 e. The van der Waals surface area contributed by atoms with Crippen molar-refractivity contribution >= 4 is 37.8 Å². The Balaban J connectivity index is 2.05. The summed E-state index contributed by atoms with van der Waals surface area (Å²) in [6, 6.07) is 6.07. The molecule has 0 aliphatic carbocycles. The highest BCUT2D eigenvalue weighted by atomic mass is 79.9. The van der Waals surface area contributed by atoms with Gasteiger partial charge in [-0.05, 0) is 53.5 Å². The first-order chi connectivity index (χ1) is 8.58. The van der Waals surface area contributed by atoms with Gasteiger partial charge in [-0.15, -0.1) is 0 Å². The molecule has 1 saturated heterocycles. The van der Waals surface area contributed by atoms with E-state index in [1.807, 2.05) is 25.2 Å². The van der Waals surface area contributed by atoms with Crippen LogP contribution in [-0.4, -0.2) is 37.0 Å². The molecule has 1 amide bonds. The van der Waals surface area contributed by atoms with Crippen molar-refractivity contribution in [3.8, 4) is 0 Å². The lowest BCUT2D eigenvalue weighted by Crippen LogP contribution is -2.38. The minimum absolute atomic E-state index is 0.0584. The standard InChI is InChI=1S/C13H16Br2N2O/c1-17(8-10-3-2-6-16-10)13(18)11-5-4-9(14)7-12(11)15/h4-5,7,10,16H,2-3,6,8H2,1H3. The molecule has 1 aliphatic rings. The molecule has 1 fully saturated rings. The SMILES string of the molecule is CN(CC1CCCN1)C(=O)c1ccc(Br)cc1Br. The molecule has 1 aromatic rings. The van der Waals surface area contributed by atoms with Crippen LogP contribution >= 0.6 is 31.9 Å². The second-order valence-electron chi connectivity index (χ2n) is 4.60. The Morgan fingerprint density at radius 1 is 1.50 bits per heavy atom. The number of halogens is 2. The maximum atomic E-state index is 12.3. The molecule has 1 heterocycles. The van der Waals surface area contributed by atoms with Gasteiger partial charge in [0.2, 0.25) is 0 Å². The van der Waals surface area contributed by atoms with E-state index in [-0.39, 0.29) is 5.91 Å². The molecule has 2 rings (SSSR count). The summed E-state index contributed by atoms with van der Waals surface area (Å²) in [6.07, 6.45) is 2.35. The maximum absolute atomic E-state index is 12.3. The summed E-state index contributed by atoms with van der Waals surface area (Å²) in [7, 11) is 1.86. The predicted octanol–water partition coefficient (Wildman–Crippen LogP) is 3.04. The van der Waals surface area contributed by atoms with Crippen LogP contribution in [0.4, 0.5) is 0 Å². The Hall–Kier alpha value is -0.390. The number of hydrogen-bond donors (Lipinski definition) is 1. The molecule has 3 nitrogen and oxygen atoms in total. The van der Waals surface area contributed by atoms with Crippen LogP contribution in [0.2, 0.25) is 0 Å². The van der Waals surface area contributed by atoms with Crippen molar-refractivity contribution in [2.24, 2.45) is 0 Å². The molecule has 5 heteroatoms. The maximum Gasteiger partial charge on any atom is 0.254 e. The second-order valence-corrected chi connectivity index (χ2v) is 6.37. The quantitative estimate of drug-likeness (QED) is 0.880. The van der Waals surface area contributed by atoms with Gasteiger partial charge in [-0.25, -0.2) is 0 Å². The van der Waals surface area contributed by atoms with Gasteiger partial charge in [0.15, 0.2) is 0 Å². The third-order valence-corrected chi connectivity index (χ3v) is 4.31. The van der Waals surface area contributed by atoms with Crippen LogP contribution < -0.4 is 5.32 Å². The first-order valence-corrected chi connectivity index (χ1v) is 7.60. The van der Waals surface area contributed by atoms with Crippen molar-refractivity contribution in [2.45, 2.75) is 18.9 Å². The molecule has 0 bridgehead atoms. The Labute approximate surface area is 124 Å². The van der Waals surface area contributed by atoms with Crippen molar-refractivity contribution in [2.75, 3.05) is 20.1 Å². The van der Waals surface area contributed by atoms with E-state index in [1.165, 1.54) is 6.42 Å². The second kappa shape index (κ2) is 6.17. The average molecular weight is 376 g/mol. The highest BCUT2D eigenvalue weighted by Crippen LogP contribution is 2.23. The van der Waals surface area contributed by atoms with Gasteiger partial charge in [0.05, 0.1) is 5.56 Å². The minimum Gasteiger partial charge on any atom is -0.340 e. The Kier molecular flexibility index (Phi) is 4.81. The van der Waals surface area contributed by atoms with Crippen molar-refractivity contribution in [3.63, 3.8) is 0 Å². The van der Waals surface area contributed by atoms with Gasteiger partial charge in [-0.2, -0.15) is 0 Å². The summed E-state index contributed by atoms with van der Waals surface area (Å²) in [5, 5.41) is 3.40. The summed E-state index contributed by atoms with van der Waals surface area (Å²) in [5.74, 6) is 0.0584. The van der Waals surface area contributed by atoms with E-state index >= 15 is 0 Å². The predicted molar refractivity (Wildman–Crippen MR) is 79.8 cm³/mol. The third kappa shape index (κ3) is 3.33. The van der Waals surface area contributed by atoms with Crippen molar-refractivity contribution in [1.82, 2.24) is 10.2 Å².